The molecule has 5 nitrogen and oxygen atoms in total. The number of aromatic hydroxyl groups is 1. The third kappa shape index (κ3) is 7.47. The molecule has 0 bridgehead atoms. The van der Waals surface area contributed by atoms with Gasteiger partial charge in [0, 0.05) is 17.6 Å². The number of allylic oxidation sites excluding steroid dienone is 3. The second-order valence-electron chi connectivity index (χ2n) is 8.86. The molecule has 1 aromatic carbocycles. The van der Waals surface area contributed by atoms with Crippen LogP contribution in [-0.4, -0.2) is 16.3 Å². The van der Waals surface area contributed by atoms with E-state index in [1.54, 1.807) is 16.7 Å². The molecular formula is C27H40N2O3. The maximum atomic E-state index is 13.0. The molecule has 0 radical (unpaired) electrons. The first-order chi connectivity index (χ1) is 15.3. The van der Waals surface area contributed by atoms with Crippen molar-refractivity contribution >= 4 is 16.6 Å². The van der Waals surface area contributed by atoms with Crippen molar-refractivity contribution in [3.8, 4) is 11.5 Å². The summed E-state index contributed by atoms with van der Waals surface area (Å²) in [5.74, 6) is -0.0959. The molecule has 1 heterocycles. The van der Waals surface area contributed by atoms with E-state index in [-0.39, 0.29) is 11.5 Å². The summed E-state index contributed by atoms with van der Waals surface area (Å²) in [7, 11) is 0. The first-order valence-electron chi connectivity index (χ1n) is 11.9. The van der Waals surface area contributed by atoms with Gasteiger partial charge in [-0.3, -0.25) is 4.79 Å². The zero-order chi connectivity index (χ0) is 23.5. The molecule has 1 aromatic heterocycles. The van der Waals surface area contributed by atoms with Gasteiger partial charge < -0.3 is 20.1 Å². The number of hydrogen-bond acceptors (Lipinski definition) is 4. The maximum Gasteiger partial charge on any atom is 0.297 e. The van der Waals surface area contributed by atoms with E-state index >= 15 is 0 Å². The Morgan fingerprint density at radius 1 is 1.09 bits per heavy atom. The zero-order valence-electron chi connectivity index (χ0n) is 20.2. The third-order valence-electron chi connectivity index (χ3n) is 5.71. The predicted molar refractivity (Wildman–Crippen MR) is 136 cm³/mol. The van der Waals surface area contributed by atoms with Crippen molar-refractivity contribution in [2.75, 3.05) is 12.3 Å². The average molecular weight is 441 g/mol. The lowest BCUT2D eigenvalue weighted by Crippen LogP contribution is -2.21. The normalized spacial score (nSPS) is 11.7. The smallest absolute Gasteiger partial charge is 0.297 e. The number of unbranched alkanes of at least 4 members (excludes halogenated alkanes) is 5. The van der Waals surface area contributed by atoms with Crippen molar-refractivity contribution in [1.29, 1.82) is 0 Å². The van der Waals surface area contributed by atoms with Crippen LogP contribution >= 0.6 is 0 Å². The number of fused-ring (bicyclic) bond motifs is 1. The van der Waals surface area contributed by atoms with Crippen LogP contribution in [0, 0.1) is 0 Å². The van der Waals surface area contributed by atoms with Gasteiger partial charge in [-0.05, 0) is 64.3 Å². The number of pyridine rings is 1. The van der Waals surface area contributed by atoms with E-state index in [0.717, 1.165) is 32.1 Å². The van der Waals surface area contributed by atoms with Crippen LogP contribution in [0.5, 0.6) is 11.5 Å². The summed E-state index contributed by atoms with van der Waals surface area (Å²) in [6.07, 6.45) is 13.0. The number of ether oxygens (including phenoxy) is 1. The molecule has 0 atom stereocenters. The average Bonchev–Trinajstić information content (AvgIpc) is 2.75. The third-order valence-corrected chi connectivity index (χ3v) is 5.71. The molecule has 0 amide bonds. The van der Waals surface area contributed by atoms with Crippen LogP contribution in [0.2, 0.25) is 0 Å². The largest absolute Gasteiger partial charge is 0.500 e. The number of anilines is 1. The summed E-state index contributed by atoms with van der Waals surface area (Å²) < 4.78 is 7.53. The molecule has 0 spiro atoms. The molecule has 5 heteroatoms. The number of nitrogen functional groups attached to an aromatic ring is 1. The van der Waals surface area contributed by atoms with Gasteiger partial charge in [-0.25, -0.2) is 0 Å². The van der Waals surface area contributed by atoms with Crippen molar-refractivity contribution in [3.05, 3.63) is 51.9 Å². The Morgan fingerprint density at radius 3 is 2.53 bits per heavy atom. The van der Waals surface area contributed by atoms with Gasteiger partial charge in [0.2, 0.25) is 5.75 Å². The Balaban J connectivity index is 2.20. The molecule has 0 saturated heterocycles. The lowest BCUT2D eigenvalue weighted by atomic mass is 10.1. The summed E-state index contributed by atoms with van der Waals surface area (Å²) in [5.41, 5.74) is 9.41. The van der Waals surface area contributed by atoms with Crippen LogP contribution in [0.25, 0.3) is 10.9 Å². The molecule has 32 heavy (non-hydrogen) atoms. The predicted octanol–water partition coefficient (Wildman–Crippen LogP) is 6.72. The lowest BCUT2D eigenvalue weighted by Gasteiger charge is -2.16. The summed E-state index contributed by atoms with van der Waals surface area (Å²) in [6.45, 7) is 9.31. The molecule has 0 aliphatic heterocycles. The Hall–Kier alpha value is -2.69. The topological polar surface area (TPSA) is 77.5 Å². The SMILES string of the molecule is CCCCCCCCn1c(=O)c(O)c(OCC=C(C)CCC=C(C)C)c2ccc(N)cc21. The highest BCUT2D eigenvalue weighted by molar-refractivity contribution is 5.90. The number of hydrogen-bond donors (Lipinski definition) is 2. The van der Waals surface area contributed by atoms with E-state index in [0.29, 0.717) is 29.7 Å². The molecule has 0 fully saturated rings. The van der Waals surface area contributed by atoms with Gasteiger partial charge in [-0.2, -0.15) is 0 Å². The van der Waals surface area contributed by atoms with E-state index in [4.69, 9.17) is 10.5 Å². The van der Waals surface area contributed by atoms with Crippen molar-refractivity contribution in [2.45, 2.75) is 85.6 Å². The van der Waals surface area contributed by atoms with Gasteiger partial charge in [0.05, 0.1) is 5.52 Å². The molecule has 0 saturated carbocycles. The summed E-state index contributed by atoms with van der Waals surface area (Å²) in [6, 6.07) is 5.39. The van der Waals surface area contributed by atoms with Crippen LogP contribution in [0.4, 0.5) is 5.69 Å². The van der Waals surface area contributed by atoms with E-state index in [2.05, 4.69) is 33.8 Å². The van der Waals surface area contributed by atoms with Gasteiger partial charge >= 0.3 is 0 Å². The molecule has 0 aliphatic carbocycles. The number of nitrogens with two attached hydrogens (primary N) is 1. The van der Waals surface area contributed by atoms with Crippen molar-refractivity contribution in [2.24, 2.45) is 0 Å². The Kier molecular flexibility index (Phi) is 10.4. The van der Waals surface area contributed by atoms with Gasteiger partial charge in [-0.1, -0.05) is 56.3 Å². The Labute approximate surface area is 192 Å². The lowest BCUT2D eigenvalue weighted by molar-refractivity contribution is 0.334. The van der Waals surface area contributed by atoms with Gasteiger partial charge in [0.15, 0.2) is 5.75 Å². The highest BCUT2D eigenvalue weighted by atomic mass is 16.5. The van der Waals surface area contributed by atoms with Crippen LogP contribution in [0.3, 0.4) is 0 Å². The van der Waals surface area contributed by atoms with Gasteiger partial charge in [0.25, 0.3) is 5.56 Å². The fourth-order valence-electron chi connectivity index (χ4n) is 3.80. The standard InChI is InChI=1S/C27H40N2O3/c1-5-6-7-8-9-10-17-29-24-19-22(28)14-15-23(24)26(25(30)27(29)31)32-18-16-21(4)13-11-12-20(2)3/h12,14-16,19,30H,5-11,13,17-18,28H2,1-4H3. The van der Waals surface area contributed by atoms with Crippen molar-refractivity contribution < 1.29 is 9.84 Å². The molecule has 0 unspecified atom stereocenters. The Bertz CT molecular complexity index is 998. The van der Waals surface area contributed by atoms with Crippen LogP contribution in [0.15, 0.2) is 46.3 Å². The number of nitrogens with zero attached hydrogens (tertiary/aromatic N) is 1. The second kappa shape index (κ2) is 13.0. The monoisotopic (exact) mass is 440 g/mol. The minimum absolute atomic E-state index is 0.234. The Morgan fingerprint density at radius 2 is 1.81 bits per heavy atom. The molecule has 0 aliphatic rings. The van der Waals surface area contributed by atoms with Crippen molar-refractivity contribution in [1.82, 2.24) is 4.57 Å². The fourth-order valence-corrected chi connectivity index (χ4v) is 3.80. The molecule has 2 rings (SSSR count). The molecular weight excluding hydrogens is 400 g/mol. The highest BCUT2D eigenvalue weighted by Gasteiger charge is 2.17. The van der Waals surface area contributed by atoms with Gasteiger partial charge in [-0.15, -0.1) is 0 Å². The molecule has 2 aromatic rings. The van der Waals surface area contributed by atoms with Crippen LogP contribution in [0.1, 0.15) is 79.1 Å². The van der Waals surface area contributed by atoms with Crippen LogP contribution in [-0.2, 0) is 6.54 Å². The summed E-state index contributed by atoms with van der Waals surface area (Å²) in [5, 5.41) is 11.4. The summed E-state index contributed by atoms with van der Waals surface area (Å²) >= 11 is 0. The minimum atomic E-state index is -0.420. The van der Waals surface area contributed by atoms with E-state index in [9.17, 15) is 9.90 Å². The van der Waals surface area contributed by atoms with Crippen LogP contribution < -0.4 is 16.0 Å². The van der Waals surface area contributed by atoms with Gasteiger partial charge in [0.1, 0.15) is 6.61 Å². The quantitative estimate of drug-likeness (QED) is 0.206. The zero-order valence-corrected chi connectivity index (χ0v) is 20.2. The second-order valence-corrected chi connectivity index (χ2v) is 8.86. The minimum Gasteiger partial charge on any atom is -0.500 e. The highest BCUT2D eigenvalue weighted by Crippen LogP contribution is 2.33. The summed E-state index contributed by atoms with van der Waals surface area (Å²) in [4.78, 5) is 13.0. The van der Waals surface area contributed by atoms with E-state index in [1.165, 1.54) is 30.4 Å². The molecule has 3 N–H and O–H groups in total. The van der Waals surface area contributed by atoms with Crippen molar-refractivity contribution in [3.63, 3.8) is 0 Å². The number of aromatic nitrogens is 1. The number of rotatable bonds is 13. The van der Waals surface area contributed by atoms with E-state index in [1.807, 2.05) is 12.1 Å². The first kappa shape index (κ1) is 25.6. The fraction of sp³-hybridized carbons (Fsp3) is 0.519. The molecule has 176 valence electrons. The van der Waals surface area contributed by atoms with E-state index < -0.39 is 5.56 Å². The number of aryl methyl sites for hydroxylation is 1. The number of benzene rings is 1. The maximum absolute atomic E-state index is 13.0. The first-order valence-corrected chi connectivity index (χ1v) is 11.9.